The third-order valence-electron chi connectivity index (χ3n) is 3.40. The average molecular weight is 441 g/mol. The zero-order valence-electron chi connectivity index (χ0n) is 14.0. The van der Waals surface area contributed by atoms with Crippen molar-refractivity contribution >= 4 is 38.9 Å². The summed E-state index contributed by atoms with van der Waals surface area (Å²) in [7, 11) is -3.97. The fourth-order valence-corrected chi connectivity index (χ4v) is 4.90. The summed E-state index contributed by atoms with van der Waals surface area (Å²) in [5.74, 6) is -1.02. The topological polar surface area (TPSA) is 102 Å². The van der Waals surface area contributed by atoms with Crippen molar-refractivity contribution in [3.8, 4) is 11.8 Å². The van der Waals surface area contributed by atoms with Gasteiger partial charge in [0.15, 0.2) is 15.5 Å². The quantitative estimate of drug-likeness (QED) is 0.771. The number of rotatable bonds is 4. The number of nitrogens with two attached hydrogens (primary N) is 1. The first-order valence-electron chi connectivity index (χ1n) is 7.37. The highest BCUT2D eigenvalue weighted by atomic mass is 35.5. The molecular formula is C15H13Cl2F3N4O2S. The predicted octanol–water partition coefficient (Wildman–Crippen LogP) is 4.08. The molecule has 1 aromatic heterocycles. The summed E-state index contributed by atoms with van der Waals surface area (Å²) in [6.45, 7) is 3.32. The number of nitrogens with zero attached hydrogens (tertiary/aromatic N) is 3. The summed E-state index contributed by atoms with van der Waals surface area (Å²) in [5.41, 5.74) is 4.01. The summed E-state index contributed by atoms with van der Waals surface area (Å²) in [4.78, 5) is -0.509. The highest BCUT2D eigenvalue weighted by Crippen LogP contribution is 2.39. The second-order valence-electron chi connectivity index (χ2n) is 6.05. The lowest BCUT2D eigenvalue weighted by Gasteiger charge is -2.13. The van der Waals surface area contributed by atoms with Crippen LogP contribution in [0, 0.1) is 17.2 Å². The molecule has 0 aliphatic rings. The first-order valence-corrected chi connectivity index (χ1v) is 9.78. The third kappa shape index (κ3) is 4.15. The van der Waals surface area contributed by atoms with Crippen molar-refractivity contribution in [3.05, 3.63) is 33.4 Å². The SMILES string of the molecule is CC(C)CS(=O)(=O)c1c(C#N)nn(-c2c(Cl)cc(C(F)(F)F)cc2Cl)c1N. The summed E-state index contributed by atoms with van der Waals surface area (Å²) in [5, 5.41) is 12.1. The van der Waals surface area contributed by atoms with E-state index in [-0.39, 0.29) is 17.4 Å². The van der Waals surface area contributed by atoms with Crippen LogP contribution in [0.25, 0.3) is 5.69 Å². The largest absolute Gasteiger partial charge is 0.416 e. The normalized spacial score (nSPS) is 12.4. The van der Waals surface area contributed by atoms with E-state index in [2.05, 4.69) is 5.10 Å². The number of hydrogen-bond acceptors (Lipinski definition) is 5. The molecule has 1 aromatic carbocycles. The Hall–Kier alpha value is -1.96. The number of aromatic nitrogens is 2. The van der Waals surface area contributed by atoms with Crippen LogP contribution in [-0.4, -0.2) is 24.0 Å². The van der Waals surface area contributed by atoms with Gasteiger partial charge in [-0.25, -0.2) is 13.1 Å². The van der Waals surface area contributed by atoms with Gasteiger partial charge >= 0.3 is 6.18 Å². The van der Waals surface area contributed by atoms with Gasteiger partial charge in [-0.2, -0.15) is 23.5 Å². The van der Waals surface area contributed by atoms with Crippen LogP contribution in [-0.2, 0) is 16.0 Å². The monoisotopic (exact) mass is 440 g/mol. The van der Waals surface area contributed by atoms with Gasteiger partial charge in [-0.15, -0.1) is 0 Å². The first-order chi connectivity index (χ1) is 12.3. The van der Waals surface area contributed by atoms with Crippen LogP contribution in [0.3, 0.4) is 0 Å². The van der Waals surface area contributed by atoms with Crippen molar-refractivity contribution in [1.29, 1.82) is 5.26 Å². The smallest absolute Gasteiger partial charge is 0.382 e. The van der Waals surface area contributed by atoms with Gasteiger partial charge in [-0.3, -0.25) is 0 Å². The van der Waals surface area contributed by atoms with Gasteiger partial charge in [-0.1, -0.05) is 37.0 Å². The Morgan fingerprint density at radius 2 is 1.81 bits per heavy atom. The minimum absolute atomic E-state index is 0.258. The molecule has 2 N–H and O–H groups in total. The lowest BCUT2D eigenvalue weighted by Crippen LogP contribution is -2.14. The van der Waals surface area contributed by atoms with Crippen LogP contribution in [0.2, 0.25) is 10.0 Å². The minimum atomic E-state index is -4.69. The van der Waals surface area contributed by atoms with E-state index in [9.17, 15) is 26.9 Å². The van der Waals surface area contributed by atoms with Crippen LogP contribution in [0.1, 0.15) is 25.1 Å². The maximum absolute atomic E-state index is 12.9. The Labute approximate surface area is 163 Å². The molecule has 0 aliphatic heterocycles. The van der Waals surface area contributed by atoms with Crippen LogP contribution >= 0.6 is 23.2 Å². The van der Waals surface area contributed by atoms with E-state index in [1.165, 1.54) is 0 Å². The molecule has 6 nitrogen and oxygen atoms in total. The van der Waals surface area contributed by atoms with Gasteiger partial charge in [0.25, 0.3) is 0 Å². The minimum Gasteiger partial charge on any atom is -0.382 e. The number of sulfone groups is 1. The molecule has 0 aliphatic carbocycles. The first kappa shape index (κ1) is 21.3. The molecule has 0 saturated carbocycles. The Morgan fingerprint density at radius 3 is 2.22 bits per heavy atom. The molecule has 0 radical (unpaired) electrons. The Bertz CT molecular complexity index is 1020. The average Bonchev–Trinajstić information content (AvgIpc) is 2.82. The zero-order chi connectivity index (χ0) is 20.7. The van der Waals surface area contributed by atoms with Crippen molar-refractivity contribution in [2.45, 2.75) is 24.9 Å². The van der Waals surface area contributed by atoms with E-state index in [0.29, 0.717) is 12.1 Å². The molecule has 12 heteroatoms. The van der Waals surface area contributed by atoms with Crippen molar-refractivity contribution in [2.75, 3.05) is 11.5 Å². The van der Waals surface area contributed by atoms with E-state index >= 15 is 0 Å². The molecule has 0 amide bonds. The molecule has 146 valence electrons. The van der Waals surface area contributed by atoms with Crippen LogP contribution in [0.15, 0.2) is 17.0 Å². The van der Waals surface area contributed by atoms with Gasteiger partial charge in [-0.05, 0) is 18.1 Å². The number of benzene rings is 1. The molecule has 2 aromatic rings. The van der Waals surface area contributed by atoms with Crippen LogP contribution < -0.4 is 5.73 Å². The van der Waals surface area contributed by atoms with E-state index in [0.717, 1.165) is 4.68 Å². The highest BCUT2D eigenvalue weighted by molar-refractivity contribution is 7.91. The maximum atomic E-state index is 12.9. The number of nitrogen functional groups attached to an aromatic ring is 1. The zero-order valence-corrected chi connectivity index (χ0v) is 16.3. The van der Waals surface area contributed by atoms with E-state index in [4.69, 9.17) is 28.9 Å². The summed E-state index contributed by atoms with van der Waals surface area (Å²) in [6.07, 6.45) is -4.69. The molecule has 0 saturated heterocycles. The van der Waals surface area contributed by atoms with Crippen molar-refractivity contribution in [2.24, 2.45) is 5.92 Å². The Kier molecular flexibility index (Phi) is 5.71. The molecule has 0 spiro atoms. The second kappa shape index (κ2) is 7.22. The van der Waals surface area contributed by atoms with Gasteiger partial charge in [0.1, 0.15) is 22.5 Å². The number of halogens is 5. The van der Waals surface area contributed by atoms with Crippen LogP contribution in [0.4, 0.5) is 19.0 Å². The lowest BCUT2D eigenvalue weighted by molar-refractivity contribution is -0.137. The number of alkyl halides is 3. The second-order valence-corrected chi connectivity index (χ2v) is 8.83. The van der Waals surface area contributed by atoms with Crippen molar-refractivity contribution in [1.82, 2.24) is 9.78 Å². The van der Waals surface area contributed by atoms with Gasteiger partial charge in [0, 0.05) is 0 Å². The number of nitriles is 1. The summed E-state index contributed by atoms with van der Waals surface area (Å²) >= 11 is 11.8. The van der Waals surface area contributed by atoms with Gasteiger partial charge in [0.05, 0.1) is 21.4 Å². The number of anilines is 1. The molecule has 2 rings (SSSR count). The van der Waals surface area contributed by atoms with E-state index in [1.54, 1.807) is 19.9 Å². The van der Waals surface area contributed by atoms with E-state index in [1.807, 2.05) is 0 Å². The summed E-state index contributed by atoms with van der Waals surface area (Å²) in [6, 6.07) is 2.84. The molecule has 1 heterocycles. The van der Waals surface area contributed by atoms with Crippen LogP contribution in [0.5, 0.6) is 0 Å². The standard InChI is InChI=1S/C15H13Cl2F3N4O2S/c1-7(2)6-27(25,26)13-11(5-21)23-24(14(13)22)12-9(16)3-8(4-10(12)17)15(18,19)20/h3-4,7H,6,22H2,1-2H3. The Balaban J connectivity index is 2.75. The predicted molar refractivity (Wildman–Crippen MR) is 94.6 cm³/mol. The number of hydrogen-bond donors (Lipinski definition) is 1. The molecular weight excluding hydrogens is 428 g/mol. The molecule has 0 fully saturated rings. The van der Waals surface area contributed by atoms with Gasteiger partial charge < -0.3 is 5.73 Å². The van der Waals surface area contributed by atoms with E-state index < -0.39 is 48.0 Å². The molecule has 0 atom stereocenters. The lowest BCUT2D eigenvalue weighted by atomic mass is 10.2. The fourth-order valence-electron chi connectivity index (χ4n) is 2.42. The third-order valence-corrected chi connectivity index (χ3v) is 6.11. The highest BCUT2D eigenvalue weighted by Gasteiger charge is 2.34. The summed E-state index contributed by atoms with van der Waals surface area (Å²) < 4.78 is 64.5. The van der Waals surface area contributed by atoms with Gasteiger partial charge in [0.2, 0.25) is 0 Å². The fraction of sp³-hybridized carbons (Fsp3) is 0.333. The van der Waals surface area contributed by atoms with Crippen molar-refractivity contribution < 1.29 is 21.6 Å². The van der Waals surface area contributed by atoms with Crippen molar-refractivity contribution in [3.63, 3.8) is 0 Å². The molecule has 0 bridgehead atoms. The maximum Gasteiger partial charge on any atom is 0.416 e. The Morgan fingerprint density at radius 1 is 1.30 bits per heavy atom. The molecule has 0 unspecified atom stereocenters. The molecule has 27 heavy (non-hydrogen) atoms.